The smallest absolute Gasteiger partial charge is 0.408 e. The third-order valence-corrected chi connectivity index (χ3v) is 9.58. The highest BCUT2D eigenvalue weighted by Crippen LogP contribution is 2.29. The third kappa shape index (κ3) is 6.44. The maximum atomic E-state index is 13.7. The fourth-order valence-corrected chi connectivity index (χ4v) is 7.23. The largest absolute Gasteiger partial charge is 0.444 e. The average Bonchev–Trinajstić information content (AvgIpc) is 3.42. The van der Waals surface area contributed by atoms with Gasteiger partial charge in [-0.3, -0.25) is 9.59 Å². The van der Waals surface area contributed by atoms with E-state index in [0.717, 1.165) is 5.39 Å². The highest BCUT2D eigenvalue weighted by molar-refractivity contribution is 7.91. The number of amides is 3. The van der Waals surface area contributed by atoms with Gasteiger partial charge in [0.25, 0.3) is 5.91 Å². The van der Waals surface area contributed by atoms with E-state index in [2.05, 4.69) is 5.32 Å². The lowest BCUT2D eigenvalue weighted by Gasteiger charge is -2.38. The zero-order valence-electron chi connectivity index (χ0n) is 24.2. The number of halogens is 1. The first-order chi connectivity index (χ1) is 19.7. The van der Waals surface area contributed by atoms with Crippen LogP contribution in [0.1, 0.15) is 33.6 Å². The number of benzene rings is 2. The zero-order valence-corrected chi connectivity index (χ0v) is 25.7. The lowest BCUT2D eigenvalue weighted by molar-refractivity contribution is -0.135. The first-order valence-electron chi connectivity index (χ1n) is 13.9. The van der Waals surface area contributed by atoms with Crippen LogP contribution in [0, 0.1) is 0 Å². The molecule has 0 bridgehead atoms. The molecule has 42 heavy (non-hydrogen) atoms. The van der Waals surface area contributed by atoms with Crippen molar-refractivity contribution in [3.05, 3.63) is 53.3 Å². The van der Waals surface area contributed by atoms with Gasteiger partial charge in [0.2, 0.25) is 5.91 Å². The summed E-state index contributed by atoms with van der Waals surface area (Å²) in [6.07, 6.45) is 2.07. The van der Waals surface area contributed by atoms with Crippen molar-refractivity contribution < 1.29 is 27.5 Å². The number of hydrogen-bond donors (Lipinski definition) is 1. The minimum absolute atomic E-state index is 0.0163. The Morgan fingerprint density at radius 1 is 1.07 bits per heavy atom. The summed E-state index contributed by atoms with van der Waals surface area (Å²) in [5.74, 6) is -1.16. The predicted octanol–water partition coefficient (Wildman–Crippen LogP) is 3.00. The topological polar surface area (TPSA) is 120 Å². The van der Waals surface area contributed by atoms with Gasteiger partial charge in [0.15, 0.2) is 9.84 Å². The molecule has 2 aromatic rings. The second kappa shape index (κ2) is 11.3. The number of nitrogens with zero attached hydrogens (tertiary/aromatic N) is 4. The Labute approximate surface area is 250 Å². The van der Waals surface area contributed by atoms with Crippen molar-refractivity contribution in [3.8, 4) is 0 Å². The average molecular weight is 618 g/mol. The monoisotopic (exact) mass is 617 g/mol. The highest BCUT2D eigenvalue weighted by atomic mass is 35.5. The van der Waals surface area contributed by atoms with Gasteiger partial charge >= 0.3 is 6.09 Å². The summed E-state index contributed by atoms with van der Waals surface area (Å²) < 4.78 is 32.4. The Kier molecular flexibility index (Phi) is 8.06. The van der Waals surface area contributed by atoms with Crippen LogP contribution in [-0.4, -0.2) is 103 Å². The zero-order chi connectivity index (χ0) is 30.4. The molecule has 1 N–H and O–H groups in total. The van der Waals surface area contributed by atoms with Crippen LogP contribution in [0.15, 0.2) is 53.2 Å². The number of piperidine rings is 1. The summed E-state index contributed by atoms with van der Waals surface area (Å²) in [4.78, 5) is 46.8. The summed E-state index contributed by atoms with van der Waals surface area (Å²) >= 11 is 6.06. The molecule has 11 nitrogen and oxygen atoms in total. The second-order valence-corrected chi connectivity index (χ2v) is 14.5. The first kappa shape index (κ1) is 30.0. The quantitative estimate of drug-likeness (QED) is 0.526. The summed E-state index contributed by atoms with van der Waals surface area (Å²) in [7, 11) is -2.08. The normalized spacial score (nSPS) is 18.8. The van der Waals surface area contributed by atoms with Crippen molar-refractivity contribution in [1.29, 1.82) is 0 Å². The molecule has 3 aliphatic heterocycles. The number of hydrogen-bond acceptors (Lipinski definition) is 8. The lowest BCUT2D eigenvalue weighted by Crippen LogP contribution is -2.55. The Balaban J connectivity index is 1.30. The fraction of sp³-hybridized carbons (Fsp3) is 0.483. The third-order valence-electron chi connectivity index (χ3n) is 7.61. The van der Waals surface area contributed by atoms with E-state index < -0.39 is 39.2 Å². The summed E-state index contributed by atoms with van der Waals surface area (Å²) in [6.45, 7) is 6.88. The van der Waals surface area contributed by atoms with Gasteiger partial charge in [-0.05, 0) is 68.7 Å². The molecule has 226 valence electrons. The van der Waals surface area contributed by atoms with Crippen LogP contribution in [0.4, 0.5) is 4.79 Å². The molecule has 2 saturated heterocycles. The first-order valence-corrected chi connectivity index (χ1v) is 15.9. The van der Waals surface area contributed by atoms with E-state index in [1.165, 1.54) is 12.1 Å². The number of carbonyl (C=O) groups is 3. The van der Waals surface area contributed by atoms with Gasteiger partial charge in [-0.25, -0.2) is 13.2 Å². The molecule has 1 atom stereocenters. The molecule has 0 aromatic heterocycles. The standard InChI is InChI=1S/C29H36ClN5O6S/c1-29(2,3)41-28(38)31-24(16-42(39,40)23-8-6-19-13-21(30)7-5-20(19)14-23)26(36)33-11-9-22(10-12-33)35-18-34-17-32(4)15-25(34)27(35)37/h5-8,13-15,22,24H,9-12,16-18H2,1-4H3,(H,31,38). The minimum atomic E-state index is -4.00. The molecule has 3 heterocycles. The van der Waals surface area contributed by atoms with Gasteiger partial charge in [-0.1, -0.05) is 23.7 Å². The van der Waals surface area contributed by atoms with Crippen LogP contribution < -0.4 is 5.32 Å². The van der Waals surface area contributed by atoms with E-state index in [0.29, 0.717) is 55.4 Å². The van der Waals surface area contributed by atoms with Crippen LogP contribution in [0.5, 0.6) is 0 Å². The molecule has 0 saturated carbocycles. The molecule has 0 spiro atoms. The van der Waals surface area contributed by atoms with Gasteiger partial charge in [-0.15, -0.1) is 0 Å². The van der Waals surface area contributed by atoms with Crippen molar-refractivity contribution in [3.63, 3.8) is 0 Å². The van der Waals surface area contributed by atoms with E-state index in [4.69, 9.17) is 16.3 Å². The van der Waals surface area contributed by atoms with Crippen molar-refractivity contribution in [2.75, 3.05) is 39.2 Å². The van der Waals surface area contributed by atoms with E-state index in [-0.39, 0.29) is 16.8 Å². The van der Waals surface area contributed by atoms with Crippen LogP contribution in [0.25, 0.3) is 10.8 Å². The second-order valence-electron chi connectivity index (χ2n) is 12.1. The Bertz CT molecular complexity index is 1550. The van der Waals surface area contributed by atoms with Crippen LogP contribution >= 0.6 is 11.6 Å². The summed E-state index contributed by atoms with van der Waals surface area (Å²) in [5.41, 5.74) is -0.158. The molecule has 5 rings (SSSR count). The summed E-state index contributed by atoms with van der Waals surface area (Å²) in [5, 5.41) is 4.52. The van der Waals surface area contributed by atoms with E-state index >= 15 is 0 Å². The van der Waals surface area contributed by atoms with E-state index in [1.54, 1.807) is 49.9 Å². The molecule has 3 amide bonds. The molecule has 2 fully saturated rings. The van der Waals surface area contributed by atoms with Crippen molar-refractivity contribution in [1.82, 2.24) is 24.9 Å². The van der Waals surface area contributed by atoms with Gasteiger partial charge in [0.05, 0.1) is 24.0 Å². The molecule has 0 aliphatic carbocycles. The Morgan fingerprint density at radius 3 is 2.40 bits per heavy atom. The molecule has 2 aromatic carbocycles. The number of ether oxygens (including phenoxy) is 1. The number of carbonyl (C=O) groups excluding carboxylic acids is 3. The Hall–Kier alpha value is -3.51. The van der Waals surface area contributed by atoms with E-state index in [9.17, 15) is 22.8 Å². The molecule has 3 aliphatic rings. The molecular formula is C29H36ClN5O6S. The number of sulfone groups is 1. The van der Waals surface area contributed by atoms with Gasteiger partial charge in [-0.2, -0.15) is 0 Å². The minimum Gasteiger partial charge on any atom is -0.444 e. The number of alkyl carbamates (subject to hydrolysis) is 1. The number of rotatable bonds is 6. The maximum Gasteiger partial charge on any atom is 0.408 e. The van der Waals surface area contributed by atoms with Crippen LogP contribution in [0.2, 0.25) is 5.02 Å². The maximum absolute atomic E-state index is 13.7. The predicted molar refractivity (Wildman–Crippen MR) is 158 cm³/mol. The number of fused-ring (bicyclic) bond motifs is 2. The van der Waals surface area contributed by atoms with Crippen molar-refractivity contribution in [2.24, 2.45) is 0 Å². The van der Waals surface area contributed by atoms with Crippen molar-refractivity contribution in [2.45, 2.75) is 56.2 Å². The SMILES string of the molecule is CN1C=C2C(=O)N(C3CCN(C(=O)C(CS(=O)(=O)c4ccc5cc(Cl)ccc5c4)NC(=O)OC(C)(C)C)CC3)CN2C1. The Morgan fingerprint density at radius 2 is 1.74 bits per heavy atom. The van der Waals surface area contributed by atoms with Gasteiger partial charge in [0.1, 0.15) is 17.3 Å². The highest BCUT2D eigenvalue weighted by Gasteiger charge is 2.42. The molecular weight excluding hydrogens is 582 g/mol. The lowest BCUT2D eigenvalue weighted by atomic mass is 10.0. The fourth-order valence-electron chi connectivity index (χ4n) is 5.61. The molecule has 0 radical (unpaired) electrons. The van der Waals surface area contributed by atoms with Gasteiger partial charge in [0, 0.05) is 37.4 Å². The summed E-state index contributed by atoms with van der Waals surface area (Å²) in [6, 6.07) is 8.42. The van der Waals surface area contributed by atoms with E-state index in [1.807, 2.05) is 27.9 Å². The number of nitrogens with one attached hydrogen (secondary N) is 1. The molecule has 1 unspecified atom stereocenters. The number of likely N-dealkylation sites (tertiary alicyclic amines) is 1. The van der Waals surface area contributed by atoms with Crippen LogP contribution in [-0.2, 0) is 24.2 Å². The van der Waals surface area contributed by atoms with Gasteiger partial charge < -0.3 is 29.7 Å². The van der Waals surface area contributed by atoms with Crippen molar-refractivity contribution >= 4 is 50.1 Å². The molecule has 13 heteroatoms. The van der Waals surface area contributed by atoms with Crippen LogP contribution in [0.3, 0.4) is 0 Å².